The average molecular weight is 193 g/mol. The summed E-state index contributed by atoms with van der Waals surface area (Å²) in [6.45, 7) is 2.16. The van der Waals surface area contributed by atoms with Crippen molar-refractivity contribution in [1.29, 1.82) is 0 Å². The van der Waals surface area contributed by atoms with E-state index in [0.29, 0.717) is 11.8 Å². The average Bonchev–Trinajstić information content (AvgIpc) is 2.98. The first-order valence-electron chi connectivity index (χ1n) is 5.47. The van der Waals surface area contributed by atoms with Crippen LogP contribution in [-0.2, 0) is 0 Å². The Morgan fingerprint density at radius 1 is 1.07 bits per heavy atom. The van der Waals surface area contributed by atoms with Crippen LogP contribution in [0.2, 0.25) is 0 Å². The summed E-state index contributed by atoms with van der Waals surface area (Å²) in [6, 6.07) is 0. The van der Waals surface area contributed by atoms with Gasteiger partial charge < -0.3 is 9.84 Å². The van der Waals surface area contributed by atoms with Crippen LogP contribution >= 0.6 is 0 Å². The van der Waals surface area contributed by atoms with E-state index in [-0.39, 0.29) is 0 Å². The van der Waals surface area contributed by atoms with Gasteiger partial charge in [0.15, 0.2) is 5.82 Å². The standard InChI is InChI=1S/C10H15N3O/c1-2-8(1)10-12-9(13-14-10)7-3-5-11-6-4-7/h7-8,11H,1-6H2. The molecule has 0 spiro atoms. The highest BCUT2D eigenvalue weighted by Crippen LogP contribution is 2.39. The van der Waals surface area contributed by atoms with Gasteiger partial charge >= 0.3 is 0 Å². The molecule has 0 aromatic carbocycles. The third kappa shape index (κ3) is 1.54. The lowest BCUT2D eigenvalue weighted by atomic mass is 9.98. The Bertz CT molecular complexity index is 313. The van der Waals surface area contributed by atoms with Gasteiger partial charge in [-0.3, -0.25) is 0 Å². The smallest absolute Gasteiger partial charge is 0.229 e. The summed E-state index contributed by atoms with van der Waals surface area (Å²) in [5, 5.41) is 7.43. The van der Waals surface area contributed by atoms with Crippen LogP contribution in [0.4, 0.5) is 0 Å². The Kier molecular flexibility index (Phi) is 2.01. The normalized spacial score (nSPS) is 24.0. The second kappa shape index (κ2) is 3.35. The predicted octanol–water partition coefficient (Wildman–Crippen LogP) is 1.41. The Balaban J connectivity index is 1.74. The lowest BCUT2D eigenvalue weighted by Gasteiger charge is -2.18. The van der Waals surface area contributed by atoms with Gasteiger partial charge in [-0.25, -0.2) is 0 Å². The molecular formula is C10H15N3O. The molecule has 0 radical (unpaired) electrons. The van der Waals surface area contributed by atoms with E-state index in [0.717, 1.165) is 37.6 Å². The van der Waals surface area contributed by atoms with Crippen LogP contribution in [-0.4, -0.2) is 23.2 Å². The number of aromatic nitrogens is 2. The second-order valence-electron chi connectivity index (χ2n) is 4.29. The Morgan fingerprint density at radius 2 is 1.86 bits per heavy atom. The van der Waals surface area contributed by atoms with Crippen LogP contribution in [0.25, 0.3) is 0 Å². The molecule has 14 heavy (non-hydrogen) atoms. The third-order valence-corrected chi connectivity index (χ3v) is 3.09. The zero-order valence-electron chi connectivity index (χ0n) is 8.20. The molecule has 1 aliphatic carbocycles. The summed E-state index contributed by atoms with van der Waals surface area (Å²) in [5.74, 6) is 2.91. The molecule has 3 rings (SSSR count). The van der Waals surface area contributed by atoms with E-state index in [9.17, 15) is 0 Å². The van der Waals surface area contributed by atoms with Crippen molar-refractivity contribution in [2.45, 2.75) is 37.5 Å². The van der Waals surface area contributed by atoms with E-state index in [2.05, 4.69) is 15.5 Å². The molecule has 1 aromatic heterocycles. The van der Waals surface area contributed by atoms with Crippen molar-refractivity contribution in [3.63, 3.8) is 0 Å². The minimum absolute atomic E-state index is 0.521. The lowest BCUT2D eigenvalue weighted by molar-refractivity contribution is 0.361. The number of nitrogens with one attached hydrogen (secondary N) is 1. The fourth-order valence-corrected chi connectivity index (χ4v) is 1.99. The van der Waals surface area contributed by atoms with E-state index in [4.69, 9.17) is 4.52 Å². The molecule has 1 N–H and O–H groups in total. The Morgan fingerprint density at radius 3 is 2.57 bits per heavy atom. The topological polar surface area (TPSA) is 51.0 Å². The second-order valence-corrected chi connectivity index (χ2v) is 4.29. The molecule has 4 heteroatoms. The van der Waals surface area contributed by atoms with Crippen molar-refractivity contribution in [3.8, 4) is 0 Å². The van der Waals surface area contributed by atoms with Crippen molar-refractivity contribution in [2.24, 2.45) is 0 Å². The van der Waals surface area contributed by atoms with Crippen molar-refractivity contribution >= 4 is 0 Å². The quantitative estimate of drug-likeness (QED) is 0.771. The summed E-state index contributed by atoms with van der Waals surface area (Å²) in [4.78, 5) is 4.49. The van der Waals surface area contributed by atoms with Gasteiger partial charge in [-0.15, -0.1) is 0 Å². The largest absolute Gasteiger partial charge is 0.339 e. The highest BCUT2D eigenvalue weighted by Gasteiger charge is 2.31. The molecule has 2 fully saturated rings. The minimum Gasteiger partial charge on any atom is -0.339 e. The minimum atomic E-state index is 0.521. The molecule has 1 saturated carbocycles. The molecule has 1 aliphatic heterocycles. The highest BCUT2D eigenvalue weighted by molar-refractivity contribution is 5.05. The first-order chi connectivity index (χ1) is 6.93. The summed E-state index contributed by atoms with van der Waals surface area (Å²) >= 11 is 0. The van der Waals surface area contributed by atoms with Gasteiger partial charge in [-0.1, -0.05) is 5.16 Å². The molecule has 0 amide bonds. The number of hydrogen-bond acceptors (Lipinski definition) is 4. The maximum Gasteiger partial charge on any atom is 0.229 e. The zero-order chi connectivity index (χ0) is 9.38. The van der Waals surface area contributed by atoms with Crippen molar-refractivity contribution in [1.82, 2.24) is 15.5 Å². The summed E-state index contributed by atoms with van der Waals surface area (Å²) in [6.07, 6.45) is 4.75. The van der Waals surface area contributed by atoms with Crippen LogP contribution in [0.15, 0.2) is 4.52 Å². The number of piperidine rings is 1. The third-order valence-electron chi connectivity index (χ3n) is 3.09. The molecule has 2 heterocycles. The fraction of sp³-hybridized carbons (Fsp3) is 0.800. The van der Waals surface area contributed by atoms with Gasteiger partial charge in [0, 0.05) is 11.8 Å². The molecule has 0 atom stereocenters. The molecule has 0 bridgehead atoms. The summed E-state index contributed by atoms with van der Waals surface area (Å²) in [5.41, 5.74) is 0. The van der Waals surface area contributed by atoms with Gasteiger partial charge in [-0.2, -0.15) is 4.98 Å². The van der Waals surface area contributed by atoms with Crippen LogP contribution in [0.5, 0.6) is 0 Å². The lowest BCUT2D eigenvalue weighted by Crippen LogP contribution is -2.27. The molecule has 1 saturated heterocycles. The molecular weight excluding hydrogens is 178 g/mol. The van der Waals surface area contributed by atoms with E-state index in [1.165, 1.54) is 12.8 Å². The van der Waals surface area contributed by atoms with E-state index in [1.807, 2.05) is 0 Å². The van der Waals surface area contributed by atoms with Crippen molar-refractivity contribution in [2.75, 3.05) is 13.1 Å². The molecule has 0 unspecified atom stereocenters. The Labute approximate surface area is 83.1 Å². The maximum absolute atomic E-state index is 5.26. The molecule has 76 valence electrons. The molecule has 4 nitrogen and oxygen atoms in total. The first kappa shape index (κ1) is 8.41. The van der Waals surface area contributed by atoms with Gasteiger partial charge in [0.25, 0.3) is 0 Å². The van der Waals surface area contributed by atoms with E-state index >= 15 is 0 Å². The van der Waals surface area contributed by atoms with Crippen LogP contribution in [0.3, 0.4) is 0 Å². The maximum atomic E-state index is 5.26. The van der Waals surface area contributed by atoms with Gasteiger partial charge in [-0.05, 0) is 38.8 Å². The monoisotopic (exact) mass is 193 g/mol. The summed E-state index contributed by atoms with van der Waals surface area (Å²) < 4.78 is 5.26. The highest BCUT2D eigenvalue weighted by atomic mass is 16.5. The van der Waals surface area contributed by atoms with E-state index < -0.39 is 0 Å². The number of rotatable bonds is 2. The van der Waals surface area contributed by atoms with Gasteiger partial charge in [0.05, 0.1) is 0 Å². The number of nitrogens with zero attached hydrogens (tertiary/aromatic N) is 2. The molecule has 1 aromatic rings. The van der Waals surface area contributed by atoms with Gasteiger partial charge in [0.2, 0.25) is 5.89 Å². The number of hydrogen-bond donors (Lipinski definition) is 1. The first-order valence-corrected chi connectivity index (χ1v) is 5.47. The van der Waals surface area contributed by atoms with Gasteiger partial charge in [0.1, 0.15) is 0 Å². The van der Waals surface area contributed by atoms with Crippen LogP contribution < -0.4 is 5.32 Å². The van der Waals surface area contributed by atoms with Crippen LogP contribution in [0, 0.1) is 0 Å². The van der Waals surface area contributed by atoms with Crippen LogP contribution in [0.1, 0.15) is 49.2 Å². The SMILES string of the molecule is C1CC(c2noc(C3CC3)n2)CCN1. The predicted molar refractivity (Wildman–Crippen MR) is 51.1 cm³/mol. The summed E-state index contributed by atoms with van der Waals surface area (Å²) in [7, 11) is 0. The Hall–Kier alpha value is -0.900. The molecule has 2 aliphatic rings. The zero-order valence-corrected chi connectivity index (χ0v) is 8.20. The fourth-order valence-electron chi connectivity index (χ4n) is 1.99. The van der Waals surface area contributed by atoms with E-state index in [1.54, 1.807) is 0 Å². The van der Waals surface area contributed by atoms with Crippen molar-refractivity contribution in [3.05, 3.63) is 11.7 Å². The van der Waals surface area contributed by atoms with Crippen molar-refractivity contribution < 1.29 is 4.52 Å².